The fourth-order valence-electron chi connectivity index (χ4n) is 2.98. The van der Waals surface area contributed by atoms with Crippen LogP contribution in [0.25, 0.3) is 0 Å². The van der Waals surface area contributed by atoms with E-state index in [0.717, 1.165) is 43.5 Å². The van der Waals surface area contributed by atoms with Gasteiger partial charge in [0, 0.05) is 50.8 Å². The minimum atomic E-state index is 0.0298. The zero-order chi connectivity index (χ0) is 17.6. The SMILES string of the molecule is CCNC(=NCCn1ccnc1C)N1CCOC(c2cnn(C)c2)C1. The smallest absolute Gasteiger partial charge is 0.194 e. The molecular formula is C17H27N7O. The minimum absolute atomic E-state index is 0.0298. The Morgan fingerprint density at radius 1 is 1.48 bits per heavy atom. The molecular weight excluding hydrogens is 318 g/mol. The number of aryl methyl sites for hydroxylation is 2. The normalized spacial score (nSPS) is 18.6. The van der Waals surface area contributed by atoms with Gasteiger partial charge in [-0.15, -0.1) is 0 Å². The van der Waals surface area contributed by atoms with Crippen molar-refractivity contribution < 1.29 is 4.74 Å². The molecule has 0 saturated carbocycles. The van der Waals surface area contributed by atoms with Crippen molar-refractivity contribution in [3.05, 3.63) is 36.2 Å². The number of rotatable bonds is 5. The van der Waals surface area contributed by atoms with Crippen molar-refractivity contribution in [3.8, 4) is 0 Å². The van der Waals surface area contributed by atoms with Crippen molar-refractivity contribution in [3.63, 3.8) is 0 Å². The van der Waals surface area contributed by atoms with E-state index >= 15 is 0 Å². The van der Waals surface area contributed by atoms with Gasteiger partial charge in [-0.05, 0) is 13.8 Å². The first-order valence-electron chi connectivity index (χ1n) is 8.78. The molecule has 8 nitrogen and oxygen atoms in total. The molecule has 1 unspecified atom stereocenters. The van der Waals surface area contributed by atoms with Crippen molar-refractivity contribution in [1.82, 2.24) is 29.5 Å². The highest BCUT2D eigenvalue weighted by Crippen LogP contribution is 2.21. The number of ether oxygens (including phenoxy) is 1. The van der Waals surface area contributed by atoms with E-state index in [1.807, 2.05) is 43.4 Å². The topological polar surface area (TPSA) is 72.5 Å². The van der Waals surface area contributed by atoms with Gasteiger partial charge in [-0.25, -0.2) is 4.98 Å². The van der Waals surface area contributed by atoms with Crippen LogP contribution < -0.4 is 5.32 Å². The highest BCUT2D eigenvalue weighted by Gasteiger charge is 2.25. The fraction of sp³-hybridized carbons (Fsp3) is 0.588. The number of nitrogens with one attached hydrogen (secondary N) is 1. The van der Waals surface area contributed by atoms with Crippen molar-refractivity contribution >= 4 is 5.96 Å². The van der Waals surface area contributed by atoms with E-state index < -0.39 is 0 Å². The molecule has 0 aliphatic carbocycles. The van der Waals surface area contributed by atoms with E-state index in [-0.39, 0.29) is 6.10 Å². The van der Waals surface area contributed by atoms with E-state index in [0.29, 0.717) is 13.2 Å². The molecule has 25 heavy (non-hydrogen) atoms. The van der Waals surface area contributed by atoms with Gasteiger partial charge in [0.25, 0.3) is 0 Å². The first kappa shape index (κ1) is 17.5. The van der Waals surface area contributed by atoms with E-state index in [1.165, 1.54) is 0 Å². The number of imidazole rings is 1. The number of aromatic nitrogens is 4. The molecule has 3 rings (SSSR count). The summed E-state index contributed by atoms with van der Waals surface area (Å²) in [5, 5.41) is 7.65. The largest absolute Gasteiger partial charge is 0.370 e. The average Bonchev–Trinajstić information content (AvgIpc) is 3.23. The third kappa shape index (κ3) is 4.39. The van der Waals surface area contributed by atoms with Crippen LogP contribution in [0.4, 0.5) is 0 Å². The molecule has 136 valence electrons. The highest BCUT2D eigenvalue weighted by molar-refractivity contribution is 5.80. The molecule has 1 fully saturated rings. The maximum atomic E-state index is 5.92. The van der Waals surface area contributed by atoms with Gasteiger partial charge >= 0.3 is 0 Å². The Kier molecular flexibility index (Phi) is 5.70. The van der Waals surface area contributed by atoms with Crippen LogP contribution in [0.5, 0.6) is 0 Å². The number of nitrogens with zero attached hydrogens (tertiary/aromatic N) is 6. The minimum Gasteiger partial charge on any atom is -0.370 e. The van der Waals surface area contributed by atoms with Crippen LogP contribution in [-0.4, -0.2) is 63.0 Å². The van der Waals surface area contributed by atoms with Crippen molar-refractivity contribution in [2.24, 2.45) is 12.0 Å². The van der Waals surface area contributed by atoms with Crippen molar-refractivity contribution in [2.45, 2.75) is 26.5 Å². The summed E-state index contributed by atoms with van der Waals surface area (Å²) in [4.78, 5) is 11.3. The summed E-state index contributed by atoms with van der Waals surface area (Å²) >= 11 is 0. The first-order chi connectivity index (χ1) is 12.2. The summed E-state index contributed by atoms with van der Waals surface area (Å²) in [7, 11) is 1.92. The standard InChI is InChI=1S/C17H27N7O/c1-4-18-17(20-6-8-23-7-5-19-14(23)2)24-9-10-25-16(13-24)15-11-21-22(3)12-15/h5,7,11-12,16H,4,6,8-10,13H2,1-3H3,(H,18,20). The van der Waals surface area contributed by atoms with Crippen LogP contribution in [0.2, 0.25) is 0 Å². The zero-order valence-electron chi connectivity index (χ0n) is 15.2. The van der Waals surface area contributed by atoms with Gasteiger partial charge in [0.2, 0.25) is 0 Å². The summed E-state index contributed by atoms with van der Waals surface area (Å²) in [6, 6.07) is 0. The lowest BCUT2D eigenvalue weighted by Crippen LogP contribution is -2.48. The van der Waals surface area contributed by atoms with Gasteiger partial charge < -0.3 is 19.5 Å². The summed E-state index contributed by atoms with van der Waals surface area (Å²) in [6.07, 6.45) is 7.73. The second-order valence-electron chi connectivity index (χ2n) is 6.16. The Hall–Kier alpha value is -2.35. The Morgan fingerprint density at radius 3 is 3.04 bits per heavy atom. The van der Waals surface area contributed by atoms with E-state index in [9.17, 15) is 0 Å². The van der Waals surface area contributed by atoms with Gasteiger partial charge in [-0.2, -0.15) is 5.10 Å². The van der Waals surface area contributed by atoms with Gasteiger partial charge in [-0.1, -0.05) is 0 Å². The monoisotopic (exact) mass is 345 g/mol. The van der Waals surface area contributed by atoms with E-state index in [4.69, 9.17) is 9.73 Å². The maximum Gasteiger partial charge on any atom is 0.194 e. The number of hydrogen-bond acceptors (Lipinski definition) is 4. The number of morpholine rings is 1. The lowest BCUT2D eigenvalue weighted by Gasteiger charge is -2.34. The molecule has 1 atom stereocenters. The Bertz CT molecular complexity index is 705. The molecule has 1 aliphatic rings. The predicted octanol–water partition coefficient (Wildman–Crippen LogP) is 0.964. The Balaban J connectivity index is 1.64. The van der Waals surface area contributed by atoms with Crippen molar-refractivity contribution in [2.75, 3.05) is 32.8 Å². The summed E-state index contributed by atoms with van der Waals surface area (Å²) in [5.41, 5.74) is 1.11. The summed E-state index contributed by atoms with van der Waals surface area (Å²) in [5.74, 6) is 1.96. The lowest BCUT2D eigenvalue weighted by atomic mass is 10.1. The van der Waals surface area contributed by atoms with Gasteiger partial charge in [-0.3, -0.25) is 9.67 Å². The fourth-order valence-corrected chi connectivity index (χ4v) is 2.98. The van der Waals surface area contributed by atoms with Crippen LogP contribution in [0.1, 0.15) is 24.4 Å². The molecule has 1 N–H and O–H groups in total. The van der Waals surface area contributed by atoms with E-state index in [2.05, 4.69) is 31.8 Å². The predicted molar refractivity (Wildman–Crippen MR) is 96.4 cm³/mol. The van der Waals surface area contributed by atoms with Crippen LogP contribution in [-0.2, 0) is 18.3 Å². The van der Waals surface area contributed by atoms with Crippen LogP contribution in [0, 0.1) is 6.92 Å². The van der Waals surface area contributed by atoms with Gasteiger partial charge in [0.05, 0.1) is 25.9 Å². The zero-order valence-corrected chi connectivity index (χ0v) is 15.2. The highest BCUT2D eigenvalue weighted by atomic mass is 16.5. The molecule has 2 aromatic rings. The third-order valence-corrected chi connectivity index (χ3v) is 4.32. The molecule has 0 radical (unpaired) electrons. The van der Waals surface area contributed by atoms with Crippen LogP contribution >= 0.6 is 0 Å². The van der Waals surface area contributed by atoms with Crippen LogP contribution in [0.3, 0.4) is 0 Å². The molecule has 1 saturated heterocycles. The molecule has 0 spiro atoms. The summed E-state index contributed by atoms with van der Waals surface area (Å²) < 4.78 is 9.85. The number of guanidine groups is 1. The second-order valence-corrected chi connectivity index (χ2v) is 6.16. The first-order valence-corrected chi connectivity index (χ1v) is 8.78. The molecule has 1 aliphatic heterocycles. The molecule has 8 heteroatoms. The average molecular weight is 345 g/mol. The van der Waals surface area contributed by atoms with Gasteiger partial charge in [0.1, 0.15) is 11.9 Å². The third-order valence-electron chi connectivity index (χ3n) is 4.32. The summed E-state index contributed by atoms with van der Waals surface area (Å²) in [6.45, 7) is 8.80. The molecule has 0 amide bonds. The quantitative estimate of drug-likeness (QED) is 0.646. The second kappa shape index (κ2) is 8.15. The molecule has 2 aromatic heterocycles. The van der Waals surface area contributed by atoms with Gasteiger partial charge in [0.15, 0.2) is 5.96 Å². The Morgan fingerprint density at radius 2 is 2.36 bits per heavy atom. The van der Waals surface area contributed by atoms with Crippen molar-refractivity contribution in [1.29, 1.82) is 0 Å². The Labute approximate surface area is 148 Å². The molecule has 0 bridgehead atoms. The number of hydrogen-bond donors (Lipinski definition) is 1. The van der Waals surface area contributed by atoms with Crippen LogP contribution in [0.15, 0.2) is 29.8 Å². The lowest BCUT2D eigenvalue weighted by molar-refractivity contribution is -0.00804. The molecule has 0 aromatic carbocycles. The van der Waals surface area contributed by atoms with E-state index in [1.54, 1.807) is 0 Å². The number of aliphatic imine (C=N–C) groups is 1. The maximum absolute atomic E-state index is 5.92. The molecule has 3 heterocycles.